The quantitative estimate of drug-likeness (QED) is 0.290. The summed E-state index contributed by atoms with van der Waals surface area (Å²) in [5, 5.41) is 10.7. The lowest BCUT2D eigenvalue weighted by atomic mass is 10.2. The zero-order chi connectivity index (χ0) is 18.4. The average Bonchev–Trinajstić information content (AvgIpc) is 2.81. The lowest BCUT2D eigenvalue weighted by molar-refractivity contribution is 0.304. The van der Waals surface area contributed by atoms with Gasteiger partial charge in [0.05, 0.1) is 12.2 Å². The molecule has 0 atom stereocenters. The molecule has 0 spiro atoms. The van der Waals surface area contributed by atoms with Crippen LogP contribution in [0.2, 0.25) is 0 Å². The number of halogens is 3. The van der Waals surface area contributed by atoms with Gasteiger partial charge in [0.15, 0.2) is 17.5 Å². The second kappa shape index (κ2) is 10.3. The number of hydrogen-bond donors (Lipinski definition) is 2. The number of nitrogens with zero attached hydrogens (tertiary/aromatic N) is 3. The number of aromatic nitrogens is 2. The van der Waals surface area contributed by atoms with E-state index >= 15 is 0 Å². The summed E-state index contributed by atoms with van der Waals surface area (Å²) in [4.78, 5) is 4.13. The minimum Gasteiger partial charge on any atom is -0.489 e. The third-order valence-corrected chi connectivity index (χ3v) is 3.86. The van der Waals surface area contributed by atoms with Crippen molar-refractivity contribution < 1.29 is 13.5 Å². The Morgan fingerprint density at radius 2 is 2.00 bits per heavy atom. The van der Waals surface area contributed by atoms with E-state index in [0.29, 0.717) is 19.0 Å². The number of ether oxygens (including phenoxy) is 1. The molecule has 0 fully saturated rings. The van der Waals surface area contributed by atoms with Crippen LogP contribution in [0.4, 0.5) is 8.78 Å². The van der Waals surface area contributed by atoms with E-state index in [9.17, 15) is 8.78 Å². The molecule has 0 amide bonds. The Labute approximate surface area is 169 Å². The molecule has 0 unspecified atom stereocenters. The molecule has 0 bridgehead atoms. The summed E-state index contributed by atoms with van der Waals surface area (Å²) < 4.78 is 33.4. The van der Waals surface area contributed by atoms with Gasteiger partial charge in [0.2, 0.25) is 0 Å². The third-order valence-electron chi connectivity index (χ3n) is 3.86. The molecule has 1 aromatic heterocycles. The number of aryl methyl sites for hydroxylation is 2. The molecule has 1 aromatic carbocycles. The van der Waals surface area contributed by atoms with E-state index < -0.39 is 11.6 Å². The highest BCUT2D eigenvalue weighted by atomic mass is 127. The zero-order valence-corrected chi connectivity index (χ0v) is 17.6. The van der Waals surface area contributed by atoms with Crippen molar-refractivity contribution in [3.05, 3.63) is 46.8 Å². The summed E-state index contributed by atoms with van der Waals surface area (Å²) in [5.74, 6) is -0.725. The van der Waals surface area contributed by atoms with Crippen LogP contribution in [0.1, 0.15) is 17.0 Å². The Balaban J connectivity index is 0.00000338. The lowest BCUT2D eigenvalue weighted by Crippen LogP contribution is -2.39. The van der Waals surface area contributed by atoms with Gasteiger partial charge in [0.1, 0.15) is 12.4 Å². The van der Waals surface area contributed by atoms with E-state index in [2.05, 4.69) is 20.7 Å². The predicted octanol–water partition coefficient (Wildman–Crippen LogP) is 2.68. The number of rotatable bonds is 6. The van der Waals surface area contributed by atoms with E-state index in [0.717, 1.165) is 29.1 Å². The van der Waals surface area contributed by atoms with Crippen LogP contribution in [0.25, 0.3) is 0 Å². The van der Waals surface area contributed by atoms with Crippen LogP contribution >= 0.6 is 24.0 Å². The van der Waals surface area contributed by atoms with Crippen molar-refractivity contribution in [2.45, 2.75) is 20.4 Å². The Morgan fingerprint density at radius 1 is 1.27 bits per heavy atom. The maximum absolute atomic E-state index is 13.5. The highest BCUT2D eigenvalue weighted by Gasteiger charge is 2.10. The number of benzene rings is 1. The summed E-state index contributed by atoms with van der Waals surface area (Å²) in [5.41, 5.74) is 3.18. The molecule has 2 N–H and O–H groups in total. The van der Waals surface area contributed by atoms with Gasteiger partial charge in [-0.3, -0.25) is 9.67 Å². The van der Waals surface area contributed by atoms with Gasteiger partial charge in [-0.05, 0) is 26.0 Å². The van der Waals surface area contributed by atoms with Crippen molar-refractivity contribution in [1.82, 2.24) is 20.4 Å². The second-order valence-corrected chi connectivity index (χ2v) is 5.55. The fourth-order valence-electron chi connectivity index (χ4n) is 2.39. The fraction of sp³-hybridized carbons (Fsp3) is 0.412. The maximum atomic E-state index is 13.5. The van der Waals surface area contributed by atoms with Crippen molar-refractivity contribution in [2.24, 2.45) is 12.0 Å². The number of nitrogens with one attached hydrogen (secondary N) is 2. The first-order valence-electron chi connectivity index (χ1n) is 7.93. The molecule has 0 aliphatic carbocycles. The lowest BCUT2D eigenvalue weighted by Gasteiger charge is -2.13. The molecule has 26 heavy (non-hydrogen) atoms. The molecule has 0 aliphatic heterocycles. The largest absolute Gasteiger partial charge is 0.489 e. The van der Waals surface area contributed by atoms with Crippen LogP contribution in [0, 0.1) is 25.5 Å². The topological polar surface area (TPSA) is 63.5 Å². The van der Waals surface area contributed by atoms with Crippen LogP contribution in [0.15, 0.2) is 23.2 Å². The summed E-state index contributed by atoms with van der Waals surface area (Å²) >= 11 is 0. The predicted molar refractivity (Wildman–Crippen MR) is 108 cm³/mol. The van der Waals surface area contributed by atoms with Crippen molar-refractivity contribution in [3.8, 4) is 5.75 Å². The standard InChI is InChI=1S/C17H23F2N5O.HI/c1-11-14(12(2)24(4)23-11)10-22-17(20-3)21-7-8-25-16-6-5-13(18)9-15(16)19;/h5-6,9H,7-8,10H2,1-4H3,(H2,20,21,22);1H. The van der Waals surface area contributed by atoms with Gasteiger partial charge >= 0.3 is 0 Å². The molecule has 0 saturated carbocycles. The van der Waals surface area contributed by atoms with Gasteiger partial charge in [-0.15, -0.1) is 24.0 Å². The highest BCUT2D eigenvalue weighted by Crippen LogP contribution is 2.17. The average molecular weight is 479 g/mol. The first-order chi connectivity index (χ1) is 11.9. The summed E-state index contributed by atoms with van der Waals surface area (Å²) in [7, 11) is 3.57. The van der Waals surface area contributed by atoms with Crippen LogP contribution in [-0.4, -0.2) is 35.9 Å². The molecule has 9 heteroatoms. The van der Waals surface area contributed by atoms with Crippen molar-refractivity contribution >= 4 is 29.9 Å². The summed E-state index contributed by atoms with van der Waals surface area (Å²) in [6.45, 7) is 5.21. The summed E-state index contributed by atoms with van der Waals surface area (Å²) in [6, 6.07) is 3.22. The Bertz CT molecular complexity index is 764. The van der Waals surface area contributed by atoms with E-state index in [-0.39, 0.29) is 36.3 Å². The number of guanidine groups is 1. The van der Waals surface area contributed by atoms with E-state index in [1.807, 2.05) is 25.6 Å². The maximum Gasteiger partial charge on any atom is 0.191 e. The Hall–Kier alpha value is -1.91. The third kappa shape index (κ3) is 5.82. The van der Waals surface area contributed by atoms with Gasteiger partial charge in [-0.1, -0.05) is 0 Å². The van der Waals surface area contributed by atoms with Crippen LogP contribution in [0.5, 0.6) is 5.75 Å². The highest BCUT2D eigenvalue weighted by molar-refractivity contribution is 14.0. The van der Waals surface area contributed by atoms with E-state index in [4.69, 9.17) is 4.74 Å². The molecule has 6 nitrogen and oxygen atoms in total. The van der Waals surface area contributed by atoms with Gasteiger partial charge < -0.3 is 15.4 Å². The van der Waals surface area contributed by atoms with Crippen molar-refractivity contribution in [3.63, 3.8) is 0 Å². The minimum atomic E-state index is -0.718. The van der Waals surface area contributed by atoms with Gasteiger partial charge in [0.25, 0.3) is 0 Å². The molecule has 0 saturated heterocycles. The van der Waals surface area contributed by atoms with E-state index in [1.165, 1.54) is 6.07 Å². The molecule has 0 aliphatic rings. The Morgan fingerprint density at radius 3 is 2.58 bits per heavy atom. The molecule has 1 heterocycles. The van der Waals surface area contributed by atoms with E-state index in [1.54, 1.807) is 7.05 Å². The van der Waals surface area contributed by atoms with Crippen LogP contribution in [0.3, 0.4) is 0 Å². The van der Waals surface area contributed by atoms with Gasteiger partial charge in [-0.25, -0.2) is 8.78 Å². The number of hydrogen-bond acceptors (Lipinski definition) is 3. The fourth-order valence-corrected chi connectivity index (χ4v) is 2.39. The first kappa shape index (κ1) is 22.1. The van der Waals surface area contributed by atoms with Crippen molar-refractivity contribution in [2.75, 3.05) is 20.2 Å². The molecule has 2 aromatic rings. The monoisotopic (exact) mass is 479 g/mol. The van der Waals surface area contributed by atoms with Crippen LogP contribution in [-0.2, 0) is 13.6 Å². The molecular formula is C17H24F2IN5O. The summed E-state index contributed by atoms with van der Waals surface area (Å²) in [6.07, 6.45) is 0. The first-order valence-corrected chi connectivity index (χ1v) is 7.93. The molecular weight excluding hydrogens is 455 g/mol. The molecule has 0 radical (unpaired) electrons. The smallest absolute Gasteiger partial charge is 0.191 e. The minimum absolute atomic E-state index is 0. The normalized spacial score (nSPS) is 11.1. The van der Waals surface area contributed by atoms with Crippen LogP contribution < -0.4 is 15.4 Å². The molecule has 2 rings (SSSR count). The number of aliphatic imine (C=N–C) groups is 1. The van der Waals surface area contributed by atoms with Gasteiger partial charge in [-0.2, -0.15) is 5.10 Å². The Kier molecular flexibility index (Phi) is 8.76. The SMILES string of the molecule is CN=C(NCCOc1ccc(F)cc1F)NCc1c(C)nn(C)c1C.I. The van der Waals surface area contributed by atoms with Gasteiger partial charge in [0, 0.05) is 38.0 Å². The zero-order valence-electron chi connectivity index (χ0n) is 15.3. The molecule has 144 valence electrons. The second-order valence-electron chi connectivity index (χ2n) is 5.55. The van der Waals surface area contributed by atoms with Crippen molar-refractivity contribution in [1.29, 1.82) is 0 Å².